The summed E-state index contributed by atoms with van der Waals surface area (Å²) in [6.45, 7) is 0.863. The van der Waals surface area contributed by atoms with Crippen LogP contribution in [0.15, 0.2) is 12.5 Å². The fourth-order valence-electron chi connectivity index (χ4n) is 1.42. The van der Waals surface area contributed by atoms with Crippen molar-refractivity contribution in [1.29, 1.82) is 0 Å². The lowest BCUT2D eigenvalue weighted by molar-refractivity contribution is 0.421. The fourth-order valence-corrected chi connectivity index (χ4v) is 1.42. The van der Waals surface area contributed by atoms with Crippen molar-refractivity contribution in [3.05, 3.63) is 23.8 Å². The predicted octanol–water partition coefficient (Wildman–Crippen LogP) is -0.332. The van der Waals surface area contributed by atoms with Gasteiger partial charge in [0, 0.05) is 24.7 Å². The molecular weight excluding hydrogens is 152 g/mol. The first-order valence-electron chi connectivity index (χ1n) is 4.08. The van der Waals surface area contributed by atoms with E-state index in [1.54, 1.807) is 6.33 Å². The highest BCUT2D eigenvalue weighted by atomic mass is 15.1. The maximum absolute atomic E-state index is 4.23. The molecule has 0 fully saturated rings. The predicted molar refractivity (Wildman–Crippen MR) is 45.4 cm³/mol. The molecular formula is C8H12N4. The Kier molecular flexibility index (Phi) is 2.01. The van der Waals surface area contributed by atoms with Crippen molar-refractivity contribution in [2.75, 3.05) is 7.05 Å². The number of fused-ring (bicyclic) bond motifs is 1. The minimum Gasteiger partial charge on any atom is -0.305 e. The molecule has 1 unspecified atom stereocenters. The van der Waals surface area contributed by atoms with E-state index in [0.29, 0.717) is 6.17 Å². The Hall–Kier alpha value is -1.00. The van der Waals surface area contributed by atoms with Crippen LogP contribution in [0, 0.1) is 0 Å². The second-order valence-electron chi connectivity index (χ2n) is 2.92. The fraction of sp³-hybridized carbons (Fsp3) is 0.500. The number of nitrogens with zero attached hydrogens (tertiary/aromatic N) is 2. The van der Waals surface area contributed by atoms with Crippen molar-refractivity contribution in [2.24, 2.45) is 0 Å². The lowest BCUT2D eigenvalue weighted by atomic mass is 10.1. The van der Waals surface area contributed by atoms with Crippen LogP contribution >= 0.6 is 0 Å². The van der Waals surface area contributed by atoms with Crippen molar-refractivity contribution in [3.63, 3.8) is 0 Å². The highest BCUT2D eigenvalue weighted by Crippen LogP contribution is 2.10. The summed E-state index contributed by atoms with van der Waals surface area (Å²) in [5.74, 6) is 0. The monoisotopic (exact) mass is 164 g/mol. The first kappa shape index (κ1) is 7.64. The summed E-state index contributed by atoms with van der Waals surface area (Å²) in [7, 11) is 1.95. The highest BCUT2D eigenvalue weighted by molar-refractivity contribution is 5.19. The van der Waals surface area contributed by atoms with Gasteiger partial charge in [0.05, 0.1) is 11.9 Å². The molecule has 2 N–H and O–H groups in total. The molecule has 2 heterocycles. The van der Waals surface area contributed by atoms with E-state index in [2.05, 4.69) is 20.6 Å². The van der Waals surface area contributed by atoms with Crippen LogP contribution in [-0.4, -0.2) is 23.2 Å². The third-order valence-corrected chi connectivity index (χ3v) is 2.17. The molecule has 0 spiro atoms. The van der Waals surface area contributed by atoms with E-state index >= 15 is 0 Å². The number of hydrogen-bond donors (Lipinski definition) is 2. The molecule has 0 aromatic carbocycles. The van der Waals surface area contributed by atoms with Crippen LogP contribution in [-0.2, 0) is 13.0 Å². The topological polar surface area (TPSA) is 49.8 Å². The van der Waals surface area contributed by atoms with Crippen LogP contribution in [0.25, 0.3) is 0 Å². The van der Waals surface area contributed by atoms with Crippen molar-refractivity contribution >= 4 is 0 Å². The maximum atomic E-state index is 4.23. The van der Waals surface area contributed by atoms with Crippen LogP contribution in [0.1, 0.15) is 11.3 Å². The molecule has 4 heteroatoms. The summed E-state index contributed by atoms with van der Waals surface area (Å²) in [5, 5.41) is 6.51. The number of nitrogens with one attached hydrogen (secondary N) is 2. The lowest BCUT2D eigenvalue weighted by Gasteiger charge is -2.24. The Labute approximate surface area is 71.4 Å². The zero-order chi connectivity index (χ0) is 8.39. The third kappa shape index (κ3) is 1.31. The van der Waals surface area contributed by atoms with Crippen molar-refractivity contribution in [2.45, 2.75) is 19.1 Å². The molecule has 0 bridgehead atoms. The largest absolute Gasteiger partial charge is 0.305 e. The van der Waals surface area contributed by atoms with E-state index in [4.69, 9.17) is 0 Å². The van der Waals surface area contributed by atoms with Gasteiger partial charge in [0.25, 0.3) is 0 Å². The molecule has 64 valence electrons. The minimum absolute atomic E-state index is 0.354. The van der Waals surface area contributed by atoms with Crippen molar-refractivity contribution in [1.82, 2.24) is 20.6 Å². The second kappa shape index (κ2) is 3.16. The van der Waals surface area contributed by atoms with E-state index in [1.165, 1.54) is 5.56 Å². The van der Waals surface area contributed by atoms with Gasteiger partial charge in [0.2, 0.25) is 0 Å². The van der Waals surface area contributed by atoms with Gasteiger partial charge in [-0.05, 0) is 7.05 Å². The Bertz CT molecular complexity index is 274. The number of hydrogen-bond acceptors (Lipinski definition) is 4. The van der Waals surface area contributed by atoms with Gasteiger partial charge in [0.15, 0.2) is 0 Å². The van der Waals surface area contributed by atoms with E-state index < -0.39 is 0 Å². The van der Waals surface area contributed by atoms with Gasteiger partial charge < -0.3 is 5.32 Å². The molecule has 1 aromatic heterocycles. The summed E-state index contributed by atoms with van der Waals surface area (Å²) < 4.78 is 0. The summed E-state index contributed by atoms with van der Waals surface area (Å²) >= 11 is 0. The number of aromatic nitrogens is 2. The van der Waals surface area contributed by atoms with E-state index in [1.807, 2.05) is 13.2 Å². The smallest absolute Gasteiger partial charge is 0.115 e. The Morgan fingerprint density at radius 2 is 2.58 bits per heavy atom. The molecule has 12 heavy (non-hydrogen) atoms. The molecule has 0 radical (unpaired) electrons. The van der Waals surface area contributed by atoms with E-state index in [9.17, 15) is 0 Å². The Morgan fingerprint density at radius 3 is 3.42 bits per heavy atom. The van der Waals surface area contributed by atoms with Gasteiger partial charge in [-0.2, -0.15) is 0 Å². The SMILES string of the molecule is CNC1Cc2ncncc2CN1. The first-order chi connectivity index (χ1) is 5.90. The number of rotatable bonds is 1. The second-order valence-corrected chi connectivity index (χ2v) is 2.92. The third-order valence-electron chi connectivity index (χ3n) is 2.17. The van der Waals surface area contributed by atoms with Crippen molar-refractivity contribution < 1.29 is 0 Å². The maximum Gasteiger partial charge on any atom is 0.115 e. The average Bonchev–Trinajstić information content (AvgIpc) is 2.17. The Morgan fingerprint density at radius 1 is 1.67 bits per heavy atom. The molecule has 0 saturated heterocycles. The summed E-state index contributed by atoms with van der Waals surface area (Å²) in [6, 6.07) is 0. The zero-order valence-corrected chi connectivity index (χ0v) is 7.04. The molecule has 4 nitrogen and oxygen atoms in total. The molecule has 1 aromatic rings. The molecule has 1 aliphatic heterocycles. The van der Waals surface area contributed by atoms with Gasteiger partial charge in [-0.15, -0.1) is 0 Å². The van der Waals surface area contributed by atoms with Gasteiger partial charge >= 0.3 is 0 Å². The molecule has 2 rings (SSSR count). The van der Waals surface area contributed by atoms with Crippen LogP contribution in [0.4, 0.5) is 0 Å². The molecule has 0 amide bonds. The summed E-state index contributed by atoms with van der Waals surface area (Å²) in [6.07, 6.45) is 4.78. The number of likely N-dealkylation sites (N-methyl/N-ethyl adjacent to an activating group) is 1. The van der Waals surface area contributed by atoms with Gasteiger partial charge in [0.1, 0.15) is 6.33 Å². The van der Waals surface area contributed by atoms with Gasteiger partial charge in [-0.3, -0.25) is 5.32 Å². The quantitative estimate of drug-likeness (QED) is 0.596. The van der Waals surface area contributed by atoms with Crippen LogP contribution in [0.5, 0.6) is 0 Å². The van der Waals surface area contributed by atoms with Gasteiger partial charge in [-0.25, -0.2) is 9.97 Å². The first-order valence-corrected chi connectivity index (χ1v) is 4.08. The minimum atomic E-state index is 0.354. The Balaban J connectivity index is 2.23. The molecule has 1 aliphatic rings. The van der Waals surface area contributed by atoms with Gasteiger partial charge in [-0.1, -0.05) is 0 Å². The van der Waals surface area contributed by atoms with E-state index in [-0.39, 0.29) is 0 Å². The summed E-state index contributed by atoms with van der Waals surface area (Å²) in [5.41, 5.74) is 2.37. The van der Waals surface area contributed by atoms with E-state index in [0.717, 1.165) is 18.7 Å². The standard InChI is InChI=1S/C8H12N4/c1-9-8-2-7-6(4-11-8)3-10-5-12-7/h3,5,8-9,11H,2,4H2,1H3. The van der Waals surface area contributed by atoms with Crippen LogP contribution in [0.3, 0.4) is 0 Å². The van der Waals surface area contributed by atoms with Crippen LogP contribution in [0.2, 0.25) is 0 Å². The zero-order valence-electron chi connectivity index (χ0n) is 7.04. The summed E-state index contributed by atoms with van der Waals surface area (Å²) in [4.78, 5) is 8.20. The normalized spacial score (nSPS) is 21.9. The highest BCUT2D eigenvalue weighted by Gasteiger charge is 2.16. The molecule has 1 atom stereocenters. The van der Waals surface area contributed by atoms with Crippen molar-refractivity contribution in [3.8, 4) is 0 Å². The molecule has 0 saturated carbocycles. The molecule has 0 aliphatic carbocycles. The lowest BCUT2D eigenvalue weighted by Crippen LogP contribution is -2.44. The van der Waals surface area contributed by atoms with Crippen LogP contribution < -0.4 is 10.6 Å². The average molecular weight is 164 g/mol.